The number of hydrogen-bond acceptors (Lipinski definition) is 5. The maximum Gasteiger partial charge on any atom is 0.228 e. The fourth-order valence-corrected chi connectivity index (χ4v) is 4.63. The fraction of sp³-hybridized carbons (Fsp3) is 0.444. The van der Waals surface area contributed by atoms with Gasteiger partial charge in [-0.2, -0.15) is 0 Å². The van der Waals surface area contributed by atoms with Crippen molar-refractivity contribution in [2.45, 2.75) is 38.1 Å². The molecular weight excluding hydrogens is 322 g/mol. The number of piperidine rings is 1. The van der Waals surface area contributed by atoms with Gasteiger partial charge in [0.15, 0.2) is 0 Å². The van der Waals surface area contributed by atoms with Crippen molar-refractivity contribution in [1.29, 1.82) is 0 Å². The SMILES string of the molecule is O=C1CCN(C(=O)Cc2csc(-c3ccccn3)n2)[C@H]2CCC[C@H]12. The zero-order valence-corrected chi connectivity index (χ0v) is 14.2. The first-order valence-corrected chi connectivity index (χ1v) is 9.28. The van der Waals surface area contributed by atoms with E-state index in [4.69, 9.17) is 0 Å². The van der Waals surface area contributed by atoms with E-state index in [-0.39, 0.29) is 17.9 Å². The summed E-state index contributed by atoms with van der Waals surface area (Å²) in [6.45, 7) is 0.566. The van der Waals surface area contributed by atoms with Crippen molar-refractivity contribution in [3.8, 4) is 10.7 Å². The maximum atomic E-state index is 12.7. The Hall–Kier alpha value is -2.08. The summed E-state index contributed by atoms with van der Waals surface area (Å²) in [6.07, 6.45) is 5.49. The Morgan fingerprint density at radius 2 is 2.25 bits per heavy atom. The quantitative estimate of drug-likeness (QED) is 0.861. The Labute approximate surface area is 144 Å². The second kappa shape index (κ2) is 6.43. The summed E-state index contributed by atoms with van der Waals surface area (Å²) in [7, 11) is 0. The number of Topliss-reactive ketones (excluding diaryl/α,β-unsaturated/α-hetero) is 1. The molecule has 0 N–H and O–H groups in total. The highest BCUT2D eigenvalue weighted by Gasteiger charge is 2.41. The lowest BCUT2D eigenvalue weighted by atomic mass is 9.90. The van der Waals surface area contributed by atoms with Gasteiger partial charge in [-0.05, 0) is 25.0 Å². The van der Waals surface area contributed by atoms with Gasteiger partial charge in [-0.25, -0.2) is 4.98 Å². The van der Waals surface area contributed by atoms with Crippen LogP contribution < -0.4 is 0 Å². The largest absolute Gasteiger partial charge is 0.338 e. The number of carbonyl (C=O) groups is 2. The van der Waals surface area contributed by atoms with Crippen LogP contribution >= 0.6 is 11.3 Å². The number of nitrogens with zero attached hydrogens (tertiary/aromatic N) is 3. The van der Waals surface area contributed by atoms with Crippen LogP contribution in [0.15, 0.2) is 29.8 Å². The summed E-state index contributed by atoms with van der Waals surface area (Å²) >= 11 is 1.51. The molecule has 1 saturated heterocycles. The zero-order valence-electron chi connectivity index (χ0n) is 13.4. The van der Waals surface area contributed by atoms with Crippen molar-refractivity contribution >= 4 is 23.0 Å². The van der Waals surface area contributed by atoms with Gasteiger partial charge in [-0.15, -0.1) is 11.3 Å². The highest BCUT2D eigenvalue weighted by Crippen LogP contribution is 2.35. The van der Waals surface area contributed by atoms with E-state index in [1.807, 2.05) is 28.5 Å². The number of aromatic nitrogens is 2. The second-order valence-electron chi connectivity index (χ2n) is 6.44. The number of thiazole rings is 1. The molecule has 0 spiro atoms. The Morgan fingerprint density at radius 1 is 1.33 bits per heavy atom. The fourth-order valence-electron chi connectivity index (χ4n) is 3.83. The molecule has 5 nitrogen and oxygen atoms in total. The molecule has 0 unspecified atom stereocenters. The van der Waals surface area contributed by atoms with E-state index >= 15 is 0 Å². The minimum atomic E-state index is 0.0715. The molecule has 2 aliphatic rings. The molecule has 6 heteroatoms. The summed E-state index contributed by atoms with van der Waals surface area (Å²) in [5.74, 6) is 0.507. The van der Waals surface area contributed by atoms with Crippen LogP contribution in [0, 0.1) is 5.92 Å². The first-order chi connectivity index (χ1) is 11.7. The molecule has 1 aliphatic carbocycles. The van der Waals surface area contributed by atoms with Gasteiger partial charge in [0.2, 0.25) is 5.91 Å². The first-order valence-electron chi connectivity index (χ1n) is 8.40. The Kier molecular flexibility index (Phi) is 4.14. The van der Waals surface area contributed by atoms with Crippen molar-refractivity contribution in [2.24, 2.45) is 5.92 Å². The molecule has 3 heterocycles. The molecule has 2 aromatic rings. The maximum absolute atomic E-state index is 12.7. The molecule has 0 radical (unpaired) electrons. The molecular formula is C18H19N3O2S. The molecule has 0 aromatic carbocycles. The number of likely N-dealkylation sites (tertiary alicyclic amines) is 1. The summed E-state index contributed by atoms with van der Waals surface area (Å²) in [5.41, 5.74) is 1.62. The van der Waals surface area contributed by atoms with Crippen molar-refractivity contribution < 1.29 is 9.59 Å². The number of ketones is 1. The van der Waals surface area contributed by atoms with Gasteiger partial charge in [-0.3, -0.25) is 14.6 Å². The minimum absolute atomic E-state index is 0.0715. The van der Waals surface area contributed by atoms with Gasteiger partial charge in [-0.1, -0.05) is 12.5 Å². The zero-order chi connectivity index (χ0) is 16.5. The molecule has 2 fully saturated rings. The van der Waals surface area contributed by atoms with Crippen molar-refractivity contribution in [2.75, 3.05) is 6.54 Å². The van der Waals surface area contributed by atoms with Crippen LogP contribution in [0.5, 0.6) is 0 Å². The lowest BCUT2D eigenvalue weighted by Gasteiger charge is -2.36. The molecule has 0 bridgehead atoms. The number of pyridine rings is 1. The van der Waals surface area contributed by atoms with E-state index in [0.29, 0.717) is 25.2 Å². The van der Waals surface area contributed by atoms with Crippen molar-refractivity contribution in [3.05, 3.63) is 35.5 Å². The summed E-state index contributed by atoms with van der Waals surface area (Å²) in [4.78, 5) is 35.5. The predicted octanol–water partition coefficient (Wildman–Crippen LogP) is 2.72. The third-order valence-electron chi connectivity index (χ3n) is 4.98. The number of fused-ring (bicyclic) bond motifs is 1. The Balaban J connectivity index is 1.47. The van der Waals surface area contributed by atoms with E-state index in [2.05, 4.69) is 9.97 Å². The lowest BCUT2D eigenvalue weighted by Crippen LogP contribution is -2.50. The number of carbonyl (C=O) groups excluding carboxylic acids is 2. The second-order valence-corrected chi connectivity index (χ2v) is 7.30. The molecule has 2 aromatic heterocycles. The van der Waals surface area contributed by atoms with E-state index in [0.717, 1.165) is 35.7 Å². The molecule has 1 saturated carbocycles. The van der Waals surface area contributed by atoms with Crippen LogP contribution in [0.3, 0.4) is 0 Å². The first kappa shape index (κ1) is 15.4. The van der Waals surface area contributed by atoms with Crippen LogP contribution in [-0.4, -0.2) is 39.1 Å². The van der Waals surface area contributed by atoms with Gasteiger partial charge < -0.3 is 4.90 Å². The Morgan fingerprint density at radius 3 is 3.08 bits per heavy atom. The average molecular weight is 341 g/mol. The summed E-state index contributed by atoms with van der Waals surface area (Å²) < 4.78 is 0. The number of amides is 1. The van der Waals surface area contributed by atoms with Crippen LogP contribution in [0.25, 0.3) is 10.7 Å². The third-order valence-corrected chi connectivity index (χ3v) is 5.89. The molecule has 4 rings (SSSR count). The van der Waals surface area contributed by atoms with Gasteiger partial charge in [0.25, 0.3) is 0 Å². The molecule has 1 aliphatic heterocycles. The molecule has 1 amide bonds. The molecule has 2 atom stereocenters. The molecule has 24 heavy (non-hydrogen) atoms. The average Bonchev–Trinajstić information content (AvgIpc) is 3.26. The van der Waals surface area contributed by atoms with Crippen LogP contribution in [0.2, 0.25) is 0 Å². The number of hydrogen-bond donors (Lipinski definition) is 0. The number of rotatable bonds is 3. The van der Waals surface area contributed by atoms with Gasteiger partial charge >= 0.3 is 0 Å². The van der Waals surface area contributed by atoms with Crippen molar-refractivity contribution in [3.63, 3.8) is 0 Å². The normalized spacial score (nSPS) is 23.3. The predicted molar refractivity (Wildman–Crippen MR) is 91.5 cm³/mol. The van der Waals surface area contributed by atoms with E-state index in [1.54, 1.807) is 6.20 Å². The highest BCUT2D eigenvalue weighted by molar-refractivity contribution is 7.13. The monoisotopic (exact) mass is 341 g/mol. The Bertz CT molecular complexity index is 759. The summed E-state index contributed by atoms with van der Waals surface area (Å²) in [5, 5.41) is 2.77. The topological polar surface area (TPSA) is 63.2 Å². The van der Waals surface area contributed by atoms with E-state index < -0.39 is 0 Å². The van der Waals surface area contributed by atoms with Crippen LogP contribution in [0.4, 0.5) is 0 Å². The summed E-state index contributed by atoms with van der Waals surface area (Å²) in [6, 6.07) is 5.84. The lowest BCUT2D eigenvalue weighted by molar-refractivity contribution is -0.140. The van der Waals surface area contributed by atoms with E-state index in [9.17, 15) is 9.59 Å². The highest BCUT2D eigenvalue weighted by atomic mass is 32.1. The minimum Gasteiger partial charge on any atom is -0.338 e. The molecule has 124 valence electrons. The smallest absolute Gasteiger partial charge is 0.228 e. The van der Waals surface area contributed by atoms with Gasteiger partial charge in [0.1, 0.15) is 10.8 Å². The van der Waals surface area contributed by atoms with Crippen LogP contribution in [0.1, 0.15) is 31.4 Å². The van der Waals surface area contributed by atoms with Gasteiger partial charge in [0, 0.05) is 36.5 Å². The van der Waals surface area contributed by atoms with Crippen LogP contribution in [-0.2, 0) is 16.0 Å². The standard InChI is InChI=1S/C18H19N3O2S/c22-16-7-9-21(15-6-3-4-13(15)16)17(23)10-12-11-24-18(20-12)14-5-1-2-8-19-14/h1-2,5,8,11,13,15H,3-4,6-7,9-10H2/t13-,15-/m0/s1. The van der Waals surface area contributed by atoms with Crippen molar-refractivity contribution in [1.82, 2.24) is 14.9 Å². The van der Waals surface area contributed by atoms with Gasteiger partial charge in [0.05, 0.1) is 17.8 Å². The van der Waals surface area contributed by atoms with E-state index in [1.165, 1.54) is 11.3 Å². The third kappa shape index (κ3) is 2.86.